The Kier molecular flexibility index (Phi) is 5.55. The fraction of sp³-hybridized carbons (Fsp3) is 0.667. The van der Waals surface area contributed by atoms with Crippen molar-refractivity contribution in [3.05, 3.63) is 18.2 Å². The fourth-order valence-corrected chi connectivity index (χ4v) is 2.24. The van der Waals surface area contributed by atoms with Gasteiger partial charge < -0.3 is 15.0 Å². The lowest BCUT2D eigenvalue weighted by Crippen LogP contribution is -2.31. The third-order valence-corrected chi connectivity index (χ3v) is 4.21. The molecule has 0 bridgehead atoms. The lowest BCUT2D eigenvalue weighted by Gasteiger charge is -2.18. The molecule has 0 aliphatic carbocycles. The molecule has 0 aliphatic rings. The average molecular weight is 269 g/mol. The van der Waals surface area contributed by atoms with Crippen molar-refractivity contribution >= 4 is 14.0 Å². The predicted molar refractivity (Wildman–Crippen MR) is 74.1 cm³/mol. The van der Waals surface area contributed by atoms with Crippen molar-refractivity contribution < 1.29 is 9.53 Å². The number of aromatic amines is 1. The Morgan fingerprint density at radius 1 is 1.56 bits per heavy atom. The molecule has 0 radical (unpaired) electrons. The summed E-state index contributed by atoms with van der Waals surface area (Å²) in [5.74, 6) is 0.656. The fourth-order valence-electron chi connectivity index (χ4n) is 1.48. The van der Waals surface area contributed by atoms with Crippen LogP contribution >= 0.6 is 0 Å². The molecule has 0 saturated carbocycles. The number of ether oxygens (including phenoxy) is 1. The van der Waals surface area contributed by atoms with Crippen LogP contribution in [-0.4, -0.2) is 37.2 Å². The number of imidazole rings is 1. The molecule has 1 atom stereocenters. The molecule has 0 spiro atoms. The Bertz CT molecular complexity index is 360. The quantitative estimate of drug-likeness (QED) is 0.587. The van der Waals surface area contributed by atoms with E-state index >= 15 is 0 Å². The number of carbonyl (C=O) groups excluding carboxylic acids is 1. The summed E-state index contributed by atoms with van der Waals surface area (Å²) in [5, 5.41) is 2.83. The second-order valence-corrected chi connectivity index (χ2v) is 11.2. The summed E-state index contributed by atoms with van der Waals surface area (Å²) in [7, 11) is -1.06. The summed E-state index contributed by atoms with van der Waals surface area (Å²) < 4.78 is 5.66. The van der Waals surface area contributed by atoms with E-state index in [9.17, 15) is 4.79 Å². The molecule has 0 aromatic carbocycles. The molecule has 0 fully saturated rings. The Morgan fingerprint density at radius 3 is 2.78 bits per heavy atom. The second kappa shape index (κ2) is 6.70. The highest BCUT2D eigenvalue weighted by Gasteiger charge is 2.17. The molecule has 1 heterocycles. The van der Waals surface area contributed by atoms with Gasteiger partial charge in [0.1, 0.15) is 11.9 Å². The van der Waals surface area contributed by atoms with Crippen LogP contribution in [0.2, 0.25) is 25.7 Å². The van der Waals surface area contributed by atoms with Gasteiger partial charge in [-0.25, -0.2) is 4.98 Å². The number of amides is 1. The summed E-state index contributed by atoms with van der Waals surface area (Å²) in [6.45, 7) is 9.64. The lowest BCUT2D eigenvalue weighted by atomic mass is 10.3. The van der Waals surface area contributed by atoms with Crippen LogP contribution in [0.3, 0.4) is 0 Å². The maximum atomic E-state index is 11.1. The van der Waals surface area contributed by atoms with Crippen LogP contribution in [0.4, 0.5) is 0 Å². The van der Waals surface area contributed by atoms with E-state index in [1.807, 2.05) is 0 Å². The predicted octanol–water partition coefficient (Wildman–Crippen LogP) is 1.94. The van der Waals surface area contributed by atoms with Gasteiger partial charge in [0.15, 0.2) is 0 Å². The largest absolute Gasteiger partial charge is 0.379 e. The van der Waals surface area contributed by atoms with E-state index in [2.05, 4.69) is 34.9 Å². The number of rotatable bonds is 7. The second-order valence-electron chi connectivity index (χ2n) is 5.61. The molecule has 5 nitrogen and oxygen atoms in total. The van der Waals surface area contributed by atoms with Crippen LogP contribution in [-0.2, 0) is 9.53 Å². The van der Waals surface area contributed by atoms with Gasteiger partial charge in [-0.05, 0) is 6.04 Å². The van der Waals surface area contributed by atoms with Gasteiger partial charge in [0.2, 0.25) is 5.91 Å². The SMILES string of the molecule is CC(=O)NC(COCC[Si](C)(C)C)c1ncc[nH]1. The summed E-state index contributed by atoms with van der Waals surface area (Å²) in [6.07, 6.45) is 3.42. The number of nitrogens with zero attached hydrogens (tertiary/aromatic N) is 1. The molecule has 1 aromatic rings. The highest BCUT2D eigenvalue weighted by atomic mass is 28.3. The van der Waals surface area contributed by atoms with Crippen LogP contribution in [0, 0.1) is 0 Å². The van der Waals surface area contributed by atoms with Gasteiger partial charge in [-0.1, -0.05) is 19.6 Å². The minimum atomic E-state index is -1.06. The normalized spacial score (nSPS) is 13.3. The van der Waals surface area contributed by atoms with Gasteiger partial charge in [-0.2, -0.15) is 0 Å². The van der Waals surface area contributed by atoms with Crippen LogP contribution in [0.15, 0.2) is 12.4 Å². The first-order valence-corrected chi connectivity index (χ1v) is 9.93. The summed E-state index contributed by atoms with van der Waals surface area (Å²) in [4.78, 5) is 18.3. The molecular formula is C12H23N3O2Si. The zero-order valence-corrected chi connectivity index (χ0v) is 12.6. The van der Waals surface area contributed by atoms with Crippen LogP contribution < -0.4 is 5.32 Å². The van der Waals surface area contributed by atoms with E-state index in [1.165, 1.54) is 6.92 Å². The highest BCUT2D eigenvalue weighted by Crippen LogP contribution is 2.11. The van der Waals surface area contributed by atoms with Gasteiger partial charge in [0.05, 0.1) is 6.61 Å². The van der Waals surface area contributed by atoms with E-state index in [0.29, 0.717) is 6.61 Å². The van der Waals surface area contributed by atoms with E-state index in [4.69, 9.17) is 4.74 Å². The first kappa shape index (κ1) is 14.9. The third kappa shape index (κ3) is 5.97. The van der Waals surface area contributed by atoms with Gasteiger partial charge in [0, 0.05) is 34.0 Å². The van der Waals surface area contributed by atoms with Gasteiger partial charge in [0.25, 0.3) is 0 Å². The number of aromatic nitrogens is 2. The maximum absolute atomic E-state index is 11.1. The van der Waals surface area contributed by atoms with Gasteiger partial charge >= 0.3 is 0 Å². The Hall–Kier alpha value is -1.14. The molecule has 102 valence electrons. The zero-order valence-electron chi connectivity index (χ0n) is 11.6. The van der Waals surface area contributed by atoms with Crippen molar-refractivity contribution in [1.82, 2.24) is 15.3 Å². The number of hydrogen-bond donors (Lipinski definition) is 2. The first-order chi connectivity index (χ1) is 8.38. The number of H-pyrrole nitrogens is 1. The van der Waals surface area contributed by atoms with E-state index in [-0.39, 0.29) is 11.9 Å². The van der Waals surface area contributed by atoms with Gasteiger partial charge in [-0.15, -0.1) is 0 Å². The smallest absolute Gasteiger partial charge is 0.217 e. The monoisotopic (exact) mass is 269 g/mol. The van der Waals surface area contributed by atoms with E-state index < -0.39 is 8.07 Å². The third-order valence-electron chi connectivity index (χ3n) is 2.51. The average Bonchev–Trinajstić information content (AvgIpc) is 2.73. The standard InChI is InChI=1S/C12H23N3O2Si/c1-10(16)15-11(12-13-5-6-14-12)9-17-7-8-18(2,3)4/h5-6,11H,7-9H2,1-4H3,(H,13,14)(H,15,16). The molecule has 1 amide bonds. The molecule has 1 unspecified atom stereocenters. The molecular weight excluding hydrogens is 246 g/mol. The van der Waals surface area contributed by atoms with Crippen molar-refractivity contribution in [2.75, 3.05) is 13.2 Å². The Morgan fingerprint density at radius 2 is 2.28 bits per heavy atom. The first-order valence-electron chi connectivity index (χ1n) is 6.22. The van der Waals surface area contributed by atoms with Crippen molar-refractivity contribution in [1.29, 1.82) is 0 Å². The molecule has 6 heteroatoms. The van der Waals surface area contributed by atoms with Crippen molar-refractivity contribution in [2.45, 2.75) is 38.7 Å². The molecule has 18 heavy (non-hydrogen) atoms. The lowest BCUT2D eigenvalue weighted by molar-refractivity contribution is -0.120. The molecule has 2 N–H and O–H groups in total. The highest BCUT2D eigenvalue weighted by molar-refractivity contribution is 6.76. The minimum Gasteiger partial charge on any atom is -0.379 e. The van der Waals surface area contributed by atoms with Crippen molar-refractivity contribution in [3.63, 3.8) is 0 Å². The maximum Gasteiger partial charge on any atom is 0.217 e. The summed E-state index contributed by atoms with van der Waals surface area (Å²) >= 11 is 0. The van der Waals surface area contributed by atoms with Crippen LogP contribution in [0.5, 0.6) is 0 Å². The summed E-state index contributed by atoms with van der Waals surface area (Å²) in [5.41, 5.74) is 0. The number of carbonyl (C=O) groups is 1. The number of hydrogen-bond acceptors (Lipinski definition) is 3. The minimum absolute atomic E-state index is 0.0785. The van der Waals surface area contributed by atoms with Crippen LogP contribution in [0.25, 0.3) is 0 Å². The Labute approximate surface area is 109 Å². The molecule has 1 aromatic heterocycles. The number of nitrogens with one attached hydrogen (secondary N) is 2. The molecule has 0 saturated heterocycles. The Balaban J connectivity index is 2.41. The molecule has 1 rings (SSSR count). The van der Waals surface area contributed by atoms with Crippen molar-refractivity contribution in [3.8, 4) is 0 Å². The van der Waals surface area contributed by atoms with E-state index in [1.54, 1.807) is 12.4 Å². The van der Waals surface area contributed by atoms with Crippen molar-refractivity contribution in [2.24, 2.45) is 0 Å². The van der Waals surface area contributed by atoms with Gasteiger partial charge in [-0.3, -0.25) is 4.79 Å². The van der Waals surface area contributed by atoms with E-state index in [0.717, 1.165) is 18.5 Å². The summed E-state index contributed by atoms with van der Waals surface area (Å²) in [6, 6.07) is 0.928. The van der Waals surface area contributed by atoms with Crippen LogP contribution in [0.1, 0.15) is 18.8 Å². The molecule has 0 aliphatic heterocycles. The zero-order chi connectivity index (χ0) is 13.6. The topological polar surface area (TPSA) is 67.0 Å².